The fourth-order valence-electron chi connectivity index (χ4n) is 2.19. The van der Waals surface area contributed by atoms with Crippen LogP contribution >= 0.6 is 0 Å². The van der Waals surface area contributed by atoms with E-state index in [0.29, 0.717) is 38.5 Å². The molecular formula is C13H21N3O3. The Hall–Kier alpha value is -1.77. The lowest BCUT2D eigenvalue weighted by Crippen LogP contribution is -2.55. The summed E-state index contributed by atoms with van der Waals surface area (Å²) in [5.41, 5.74) is 0. The van der Waals surface area contributed by atoms with Gasteiger partial charge in [0.1, 0.15) is 0 Å². The van der Waals surface area contributed by atoms with Crippen molar-refractivity contribution in [1.82, 2.24) is 9.80 Å². The molecule has 6 nitrogen and oxygen atoms in total. The zero-order valence-electron chi connectivity index (χ0n) is 11.5. The van der Waals surface area contributed by atoms with E-state index in [-0.39, 0.29) is 18.4 Å². The zero-order valence-corrected chi connectivity index (χ0v) is 11.5. The monoisotopic (exact) mass is 267 g/mol. The number of hydrogen-bond acceptors (Lipinski definition) is 3. The summed E-state index contributed by atoms with van der Waals surface area (Å²) in [6, 6.07) is 1.97. The molecule has 0 aromatic rings. The quantitative estimate of drug-likeness (QED) is 0.788. The first kappa shape index (κ1) is 15.3. The number of aliphatic carboxylic acids is 1. The number of hydrogen-bond donors (Lipinski definition) is 1. The van der Waals surface area contributed by atoms with E-state index in [1.54, 1.807) is 9.80 Å². The average molecular weight is 267 g/mol. The Bertz CT molecular complexity index is 370. The predicted octanol–water partition coefficient (Wildman–Crippen LogP) is 1.38. The van der Waals surface area contributed by atoms with Gasteiger partial charge in [-0.05, 0) is 5.92 Å². The Kier molecular flexibility index (Phi) is 5.61. The SMILES string of the molecule is CC(C)CN(CCC#N)C(=O)N1CC(CC(=O)O)C1. The maximum atomic E-state index is 12.2. The van der Waals surface area contributed by atoms with Crippen molar-refractivity contribution in [2.24, 2.45) is 11.8 Å². The fraction of sp³-hybridized carbons (Fsp3) is 0.769. The van der Waals surface area contributed by atoms with Gasteiger partial charge >= 0.3 is 12.0 Å². The van der Waals surface area contributed by atoms with Crippen molar-refractivity contribution in [3.63, 3.8) is 0 Å². The van der Waals surface area contributed by atoms with Crippen molar-refractivity contribution in [1.29, 1.82) is 5.26 Å². The molecule has 0 saturated carbocycles. The summed E-state index contributed by atoms with van der Waals surface area (Å²) in [5, 5.41) is 17.3. The van der Waals surface area contributed by atoms with Crippen molar-refractivity contribution in [3.8, 4) is 6.07 Å². The highest BCUT2D eigenvalue weighted by molar-refractivity contribution is 5.76. The van der Waals surface area contributed by atoms with E-state index >= 15 is 0 Å². The summed E-state index contributed by atoms with van der Waals surface area (Å²) < 4.78 is 0. The Labute approximate surface area is 113 Å². The number of rotatable bonds is 6. The van der Waals surface area contributed by atoms with Gasteiger partial charge in [-0.25, -0.2) is 4.79 Å². The van der Waals surface area contributed by atoms with Crippen LogP contribution in [0.5, 0.6) is 0 Å². The molecule has 0 aliphatic carbocycles. The second kappa shape index (κ2) is 6.98. The normalized spacial score (nSPS) is 14.9. The molecule has 0 bridgehead atoms. The minimum absolute atomic E-state index is 0.0679. The molecule has 0 atom stereocenters. The summed E-state index contributed by atoms with van der Waals surface area (Å²) in [5.74, 6) is -0.405. The van der Waals surface area contributed by atoms with Crippen LogP contribution in [-0.4, -0.2) is 53.1 Å². The van der Waals surface area contributed by atoms with Gasteiger partial charge in [0.05, 0.1) is 18.9 Å². The molecular weight excluding hydrogens is 246 g/mol. The minimum Gasteiger partial charge on any atom is -0.481 e. The van der Waals surface area contributed by atoms with Crippen molar-refractivity contribution in [3.05, 3.63) is 0 Å². The highest BCUT2D eigenvalue weighted by Crippen LogP contribution is 2.21. The van der Waals surface area contributed by atoms with Crippen LogP contribution in [0.3, 0.4) is 0 Å². The number of nitrogens with zero attached hydrogens (tertiary/aromatic N) is 3. The first-order chi connectivity index (χ1) is 8.93. The van der Waals surface area contributed by atoms with Gasteiger partial charge in [-0.2, -0.15) is 5.26 Å². The highest BCUT2D eigenvalue weighted by Gasteiger charge is 2.34. The van der Waals surface area contributed by atoms with Crippen LogP contribution in [0.15, 0.2) is 0 Å². The molecule has 0 unspecified atom stereocenters. The first-order valence-corrected chi connectivity index (χ1v) is 6.56. The molecule has 1 fully saturated rings. The second-order valence-corrected chi connectivity index (χ2v) is 5.40. The number of urea groups is 1. The second-order valence-electron chi connectivity index (χ2n) is 5.40. The minimum atomic E-state index is -0.819. The third kappa shape index (κ3) is 4.78. The lowest BCUT2D eigenvalue weighted by Gasteiger charge is -2.41. The molecule has 0 spiro atoms. The van der Waals surface area contributed by atoms with Crippen LogP contribution in [0.4, 0.5) is 4.79 Å². The maximum absolute atomic E-state index is 12.2. The van der Waals surface area contributed by atoms with Crippen LogP contribution in [0.2, 0.25) is 0 Å². The third-order valence-electron chi connectivity index (χ3n) is 3.04. The number of carboxylic acids is 1. The molecule has 1 saturated heterocycles. The summed E-state index contributed by atoms with van der Waals surface area (Å²) in [4.78, 5) is 26.1. The first-order valence-electron chi connectivity index (χ1n) is 6.56. The fourth-order valence-corrected chi connectivity index (χ4v) is 2.19. The van der Waals surface area contributed by atoms with E-state index in [9.17, 15) is 9.59 Å². The smallest absolute Gasteiger partial charge is 0.320 e. The van der Waals surface area contributed by atoms with Crippen molar-refractivity contribution < 1.29 is 14.7 Å². The Balaban J connectivity index is 2.45. The largest absolute Gasteiger partial charge is 0.481 e. The van der Waals surface area contributed by atoms with Gasteiger partial charge in [-0.1, -0.05) is 13.8 Å². The van der Waals surface area contributed by atoms with Gasteiger partial charge in [-0.15, -0.1) is 0 Å². The predicted molar refractivity (Wildman–Crippen MR) is 69.4 cm³/mol. The number of carboxylic acid groups (broad SMARTS) is 1. The number of carbonyl (C=O) groups is 2. The van der Waals surface area contributed by atoms with E-state index in [1.807, 2.05) is 19.9 Å². The van der Waals surface area contributed by atoms with E-state index in [2.05, 4.69) is 0 Å². The molecule has 6 heteroatoms. The Morgan fingerprint density at radius 2 is 2.11 bits per heavy atom. The molecule has 1 rings (SSSR count). The van der Waals surface area contributed by atoms with Crippen LogP contribution in [0.1, 0.15) is 26.7 Å². The van der Waals surface area contributed by atoms with Crippen LogP contribution in [-0.2, 0) is 4.79 Å². The van der Waals surface area contributed by atoms with Crippen LogP contribution < -0.4 is 0 Å². The zero-order chi connectivity index (χ0) is 14.4. The van der Waals surface area contributed by atoms with Crippen LogP contribution in [0.25, 0.3) is 0 Å². The Morgan fingerprint density at radius 1 is 1.47 bits per heavy atom. The Morgan fingerprint density at radius 3 is 2.58 bits per heavy atom. The highest BCUT2D eigenvalue weighted by atomic mass is 16.4. The third-order valence-corrected chi connectivity index (χ3v) is 3.04. The van der Waals surface area contributed by atoms with Gasteiger partial charge in [0.15, 0.2) is 0 Å². The van der Waals surface area contributed by atoms with Crippen molar-refractivity contribution in [2.75, 3.05) is 26.2 Å². The van der Waals surface area contributed by atoms with Gasteiger partial charge in [-0.3, -0.25) is 4.79 Å². The number of carbonyl (C=O) groups excluding carboxylic acids is 1. The van der Waals surface area contributed by atoms with Gasteiger partial charge < -0.3 is 14.9 Å². The number of amides is 2. The van der Waals surface area contributed by atoms with E-state index in [0.717, 1.165) is 0 Å². The lowest BCUT2D eigenvalue weighted by atomic mass is 9.97. The summed E-state index contributed by atoms with van der Waals surface area (Å²) in [6.07, 6.45) is 0.441. The molecule has 0 aromatic carbocycles. The molecule has 1 aliphatic rings. The molecule has 1 heterocycles. The van der Waals surface area contributed by atoms with Crippen LogP contribution in [0, 0.1) is 23.2 Å². The molecule has 106 valence electrons. The van der Waals surface area contributed by atoms with Crippen molar-refractivity contribution in [2.45, 2.75) is 26.7 Å². The molecule has 1 aliphatic heterocycles. The number of nitriles is 1. The van der Waals surface area contributed by atoms with Crippen molar-refractivity contribution >= 4 is 12.0 Å². The molecule has 19 heavy (non-hydrogen) atoms. The summed E-state index contributed by atoms with van der Waals surface area (Å²) in [7, 11) is 0. The molecule has 2 amide bonds. The van der Waals surface area contributed by atoms with Gasteiger partial charge in [0.2, 0.25) is 0 Å². The standard InChI is InChI=1S/C13H21N3O3/c1-10(2)7-15(5-3-4-14)13(19)16-8-11(9-16)6-12(17)18/h10-11H,3,5-9H2,1-2H3,(H,17,18). The molecule has 0 radical (unpaired) electrons. The topological polar surface area (TPSA) is 84.6 Å². The summed E-state index contributed by atoms with van der Waals surface area (Å²) in [6.45, 7) is 6.12. The van der Waals surface area contributed by atoms with E-state index in [4.69, 9.17) is 10.4 Å². The van der Waals surface area contributed by atoms with Gasteiger partial charge in [0.25, 0.3) is 0 Å². The lowest BCUT2D eigenvalue weighted by molar-refractivity contribution is -0.139. The maximum Gasteiger partial charge on any atom is 0.320 e. The summed E-state index contributed by atoms with van der Waals surface area (Å²) >= 11 is 0. The molecule has 0 aromatic heterocycles. The van der Waals surface area contributed by atoms with Gasteiger partial charge in [0, 0.05) is 32.1 Å². The average Bonchev–Trinajstić information content (AvgIpc) is 2.27. The van der Waals surface area contributed by atoms with E-state index < -0.39 is 5.97 Å². The molecule has 1 N–H and O–H groups in total. The van der Waals surface area contributed by atoms with E-state index in [1.165, 1.54) is 0 Å². The number of likely N-dealkylation sites (tertiary alicyclic amines) is 1.